The fraction of sp³-hybridized carbons (Fsp3) is 0.417. The molecule has 0 spiro atoms. The summed E-state index contributed by atoms with van der Waals surface area (Å²) in [4.78, 5) is 13.5. The maximum Gasteiger partial charge on any atom is 0.321 e. The first-order valence-electron chi connectivity index (χ1n) is 5.63. The van der Waals surface area contributed by atoms with E-state index in [1.165, 1.54) is 0 Å². The minimum Gasteiger partial charge on any atom is -0.497 e. The van der Waals surface area contributed by atoms with E-state index in [2.05, 4.69) is 5.32 Å². The fourth-order valence-electron chi connectivity index (χ4n) is 1.79. The Morgan fingerprint density at radius 2 is 2.35 bits per heavy atom. The van der Waals surface area contributed by atoms with Crippen LogP contribution in [0.25, 0.3) is 0 Å². The first-order chi connectivity index (χ1) is 8.22. The van der Waals surface area contributed by atoms with Crippen LogP contribution in [0.15, 0.2) is 24.3 Å². The molecule has 1 saturated heterocycles. The maximum atomic E-state index is 11.8. The molecular weight excluding hydrogens is 218 g/mol. The van der Waals surface area contributed by atoms with Crippen molar-refractivity contribution in [2.45, 2.75) is 0 Å². The number of nitrogens with two attached hydrogens (primary N) is 1. The van der Waals surface area contributed by atoms with Crippen LogP contribution in [0.2, 0.25) is 0 Å². The summed E-state index contributed by atoms with van der Waals surface area (Å²) in [5.41, 5.74) is 6.25. The van der Waals surface area contributed by atoms with E-state index in [1.807, 2.05) is 18.2 Å². The number of rotatable bonds is 3. The number of benzene rings is 1. The minimum atomic E-state index is -0.0806. The molecule has 0 radical (unpaired) electrons. The largest absolute Gasteiger partial charge is 0.497 e. The van der Waals surface area contributed by atoms with Gasteiger partial charge in [-0.25, -0.2) is 4.79 Å². The maximum absolute atomic E-state index is 11.8. The number of nitrogens with zero attached hydrogens (tertiary/aromatic N) is 1. The van der Waals surface area contributed by atoms with E-state index in [4.69, 9.17) is 10.5 Å². The molecule has 1 aliphatic rings. The minimum absolute atomic E-state index is 0.0806. The predicted octanol–water partition coefficient (Wildman–Crippen LogP) is 1.12. The molecule has 1 aliphatic heterocycles. The zero-order valence-electron chi connectivity index (χ0n) is 9.85. The summed E-state index contributed by atoms with van der Waals surface area (Å²) in [6, 6.07) is 7.22. The van der Waals surface area contributed by atoms with Crippen molar-refractivity contribution in [2.24, 2.45) is 11.7 Å². The Morgan fingerprint density at radius 3 is 3.00 bits per heavy atom. The number of carbonyl (C=O) groups excluding carboxylic acids is 1. The van der Waals surface area contributed by atoms with Crippen LogP contribution >= 0.6 is 0 Å². The topological polar surface area (TPSA) is 67.6 Å². The number of hydrogen-bond donors (Lipinski definition) is 2. The molecule has 0 unspecified atom stereocenters. The smallest absolute Gasteiger partial charge is 0.321 e. The number of nitrogens with one attached hydrogen (secondary N) is 1. The van der Waals surface area contributed by atoms with Gasteiger partial charge in [0.1, 0.15) is 5.75 Å². The lowest BCUT2D eigenvalue weighted by Crippen LogP contribution is -2.53. The van der Waals surface area contributed by atoms with E-state index < -0.39 is 0 Å². The van der Waals surface area contributed by atoms with Crippen LogP contribution in [0, 0.1) is 5.92 Å². The van der Waals surface area contributed by atoms with Gasteiger partial charge < -0.3 is 20.7 Å². The van der Waals surface area contributed by atoms with Crippen molar-refractivity contribution in [3.05, 3.63) is 24.3 Å². The molecule has 0 bridgehead atoms. The molecule has 2 amide bonds. The summed E-state index contributed by atoms with van der Waals surface area (Å²) in [5, 5.41) is 2.83. The lowest BCUT2D eigenvalue weighted by molar-refractivity contribution is 0.135. The molecule has 0 aliphatic carbocycles. The van der Waals surface area contributed by atoms with Crippen LogP contribution in [0.5, 0.6) is 5.75 Å². The third-order valence-corrected chi connectivity index (χ3v) is 2.90. The average Bonchev–Trinajstić information content (AvgIpc) is 2.28. The first kappa shape index (κ1) is 11.7. The second-order valence-electron chi connectivity index (χ2n) is 4.17. The summed E-state index contributed by atoms with van der Waals surface area (Å²) in [5.74, 6) is 1.18. The number of anilines is 1. The first-order valence-corrected chi connectivity index (χ1v) is 5.63. The fourth-order valence-corrected chi connectivity index (χ4v) is 1.79. The van der Waals surface area contributed by atoms with Crippen LogP contribution in [0.1, 0.15) is 0 Å². The number of likely N-dealkylation sites (tertiary alicyclic amines) is 1. The van der Waals surface area contributed by atoms with E-state index in [9.17, 15) is 4.79 Å². The van der Waals surface area contributed by atoms with E-state index in [-0.39, 0.29) is 6.03 Å². The molecule has 0 saturated carbocycles. The Labute approximate surface area is 101 Å². The molecule has 1 aromatic rings. The highest BCUT2D eigenvalue weighted by atomic mass is 16.5. The number of amides is 2. The van der Waals surface area contributed by atoms with Crippen LogP contribution in [0.4, 0.5) is 10.5 Å². The summed E-state index contributed by atoms with van der Waals surface area (Å²) in [7, 11) is 1.60. The molecule has 5 heteroatoms. The van der Waals surface area contributed by atoms with Gasteiger partial charge in [0.2, 0.25) is 0 Å². The zero-order chi connectivity index (χ0) is 12.3. The van der Waals surface area contributed by atoms with Crippen molar-refractivity contribution >= 4 is 11.7 Å². The molecule has 92 valence electrons. The Morgan fingerprint density at radius 1 is 1.59 bits per heavy atom. The zero-order valence-corrected chi connectivity index (χ0v) is 9.85. The third kappa shape index (κ3) is 2.68. The van der Waals surface area contributed by atoms with Crippen molar-refractivity contribution in [3.8, 4) is 5.75 Å². The molecule has 1 heterocycles. The van der Waals surface area contributed by atoms with Gasteiger partial charge in [-0.05, 0) is 18.7 Å². The average molecular weight is 235 g/mol. The van der Waals surface area contributed by atoms with Crippen LogP contribution in [0.3, 0.4) is 0 Å². The Balaban J connectivity index is 1.90. The Bertz CT molecular complexity index is 402. The van der Waals surface area contributed by atoms with Gasteiger partial charge >= 0.3 is 6.03 Å². The lowest BCUT2D eigenvalue weighted by Gasteiger charge is -2.38. The summed E-state index contributed by atoms with van der Waals surface area (Å²) >= 11 is 0. The van der Waals surface area contributed by atoms with Crippen molar-refractivity contribution in [1.29, 1.82) is 0 Å². The summed E-state index contributed by atoms with van der Waals surface area (Å²) in [6.45, 7) is 2.13. The van der Waals surface area contributed by atoms with Crippen molar-refractivity contribution in [1.82, 2.24) is 4.90 Å². The van der Waals surface area contributed by atoms with Gasteiger partial charge in [0.25, 0.3) is 0 Å². The highest BCUT2D eigenvalue weighted by Gasteiger charge is 2.29. The van der Waals surface area contributed by atoms with E-state index in [1.54, 1.807) is 18.1 Å². The third-order valence-electron chi connectivity index (χ3n) is 2.90. The number of hydrogen-bond acceptors (Lipinski definition) is 3. The Kier molecular flexibility index (Phi) is 3.49. The quantitative estimate of drug-likeness (QED) is 0.825. The molecule has 0 atom stereocenters. The summed E-state index contributed by atoms with van der Waals surface area (Å²) in [6.07, 6.45) is 0. The van der Waals surface area contributed by atoms with Crippen molar-refractivity contribution in [3.63, 3.8) is 0 Å². The standard InChI is InChI=1S/C12H17N3O2/c1-17-11-4-2-3-10(5-11)14-12(16)15-7-9(6-13)8-15/h2-5,9H,6-8,13H2,1H3,(H,14,16). The molecule has 0 aromatic heterocycles. The molecule has 3 N–H and O–H groups in total. The highest BCUT2D eigenvalue weighted by molar-refractivity contribution is 5.90. The van der Waals surface area contributed by atoms with Crippen LogP contribution in [-0.4, -0.2) is 37.7 Å². The number of urea groups is 1. The normalized spacial score (nSPS) is 15.3. The summed E-state index contributed by atoms with van der Waals surface area (Å²) < 4.78 is 5.09. The van der Waals surface area contributed by atoms with Gasteiger partial charge in [-0.2, -0.15) is 0 Å². The van der Waals surface area contributed by atoms with Gasteiger partial charge in [-0.1, -0.05) is 6.07 Å². The molecule has 1 aromatic carbocycles. The number of methoxy groups -OCH3 is 1. The van der Waals surface area contributed by atoms with E-state index >= 15 is 0 Å². The lowest BCUT2D eigenvalue weighted by atomic mass is 10.0. The predicted molar refractivity (Wildman–Crippen MR) is 66.1 cm³/mol. The van der Waals surface area contributed by atoms with Crippen LogP contribution < -0.4 is 15.8 Å². The van der Waals surface area contributed by atoms with Crippen molar-refractivity contribution < 1.29 is 9.53 Å². The molecule has 5 nitrogen and oxygen atoms in total. The molecular formula is C12H17N3O2. The van der Waals surface area contributed by atoms with Gasteiger partial charge in [-0.15, -0.1) is 0 Å². The van der Waals surface area contributed by atoms with E-state index in [0.29, 0.717) is 12.5 Å². The number of carbonyl (C=O) groups is 1. The monoisotopic (exact) mass is 235 g/mol. The van der Waals surface area contributed by atoms with Crippen LogP contribution in [-0.2, 0) is 0 Å². The molecule has 2 rings (SSSR count). The van der Waals surface area contributed by atoms with E-state index in [0.717, 1.165) is 24.5 Å². The van der Waals surface area contributed by atoms with Crippen molar-refractivity contribution in [2.75, 3.05) is 32.1 Å². The highest BCUT2D eigenvalue weighted by Crippen LogP contribution is 2.19. The second kappa shape index (κ2) is 5.05. The van der Waals surface area contributed by atoms with Gasteiger partial charge in [0, 0.05) is 30.8 Å². The Hall–Kier alpha value is -1.75. The molecule has 1 fully saturated rings. The van der Waals surface area contributed by atoms with Gasteiger partial charge in [0.15, 0.2) is 0 Å². The molecule has 17 heavy (non-hydrogen) atoms. The van der Waals surface area contributed by atoms with Gasteiger partial charge in [-0.3, -0.25) is 0 Å². The van der Waals surface area contributed by atoms with Gasteiger partial charge in [0.05, 0.1) is 7.11 Å². The number of ether oxygens (including phenoxy) is 1. The SMILES string of the molecule is COc1cccc(NC(=O)N2CC(CN)C2)c1. The second-order valence-corrected chi connectivity index (χ2v) is 4.17.